The summed E-state index contributed by atoms with van der Waals surface area (Å²) in [4.78, 5) is 25.5. The number of thiazole rings is 1. The number of aryl methyl sites for hydroxylation is 1. The van der Waals surface area contributed by atoms with Crippen LogP contribution >= 0.6 is 22.9 Å². The number of rotatable bonds is 9. The number of pyridine rings is 1. The van der Waals surface area contributed by atoms with Crippen LogP contribution in [-0.4, -0.2) is 54.0 Å². The number of benzene rings is 2. The van der Waals surface area contributed by atoms with Gasteiger partial charge >= 0.3 is 5.97 Å². The van der Waals surface area contributed by atoms with Crippen molar-refractivity contribution >= 4 is 50.7 Å². The van der Waals surface area contributed by atoms with Crippen molar-refractivity contribution < 1.29 is 19.6 Å². The Morgan fingerprint density at radius 2 is 1.91 bits per heavy atom. The van der Waals surface area contributed by atoms with E-state index in [2.05, 4.69) is 16.3 Å². The lowest BCUT2D eigenvalue weighted by Crippen LogP contribution is -2.79. The predicted octanol–water partition coefficient (Wildman–Crippen LogP) is 7.10. The number of fused-ring (bicyclic) bond motifs is 1. The van der Waals surface area contributed by atoms with Crippen LogP contribution in [0.3, 0.4) is 0 Å². The van der Waals surface area contributed by atoms with Crippen LogP contribution in [0.25, 0.3) is 31.9 Å². The second-order valence-electron chi connectivity index (χ2n) is 12.2. The zero-order valence-electron chi connectivity index (χ0n) is 27.0. The maximum Gasteiger partial charge on any atom is 0.339 e. The third kappa shape index (κ3) is 7.12. The molecule has 45 heavy (non-hydrogen) atoms. The van der Waals surface area contributed by atoms with E-state index in [4.69, 9.17) is 36.5 Å². The highest BCUT2D eigenvalue weighted by Crippen LogP contribution is 2.45. The van der Waals surface area contributed by atoms with Gasteiger partial charge in [-0.2, -0.15) is 0 Å². The van der Waals surface area contributed by atoms with Crippen LogP contribution in [-0.2, 0) is 14.3 Å². The van der Waals surface area contributed by atoms with Crippen molar-refractivity contribution in [1.29, 1.82) is 5.41 Å². The van der Waals surface area contributed by atoms with Crippen molar-refractivity contribution in [3.63, 3.8) is 0 Å². The minimum Gasteiger partial charge on any atom is -0.464 e. The molecule has 2 aromatic heterocycles. The van der Waals surface area contributed by atoms with Crippen molar-refractivity contribution in [3.8, 4) is 21.7 Å². The number of halogens is 1. The Balaban J connectivity index is 1.66. The van der Waals surface area contributed by atoms with Gasteiger partial charge in [-0.3, -0.25) is 0 Å². The van der Waals surface area contributed by atoms with Gasteiger partial charge in [-0.25, -0.2) is 14.8 Å². The summed E-state index contributed by atoms with van der Waals surface area (Å²) < 4.78 is 12.9. The highest BCUT2D eigenvalue weighted by Gasteiger charge is 2.33. The second kappa shape index (κ2) is 13.4. The lowest BCUT2D eigenvalue weighted by Gasteiger charge is -2.29. The number of nitrogens with zero attached hydrogens (tertiary/aromatic N) is 3. The van der Waals surface area contributed by atoms with Gasteiger partial charge in [-0.1, -0.05) is 23.7 Å². The molecule has 0 saturated heterocycles. The van der Waals surface area contributed by atoms with Gasteiger partial charge in [0.1, 0.15) is 16.5 Å². The Kier molecular flexibility index (Phi) is 9.74. The molecule has 0 amide bonds. The van der Waals surface area contributed by atoms with Crippen molar-refractivity contribution in [3.05, 3.63) is 76.1 Å². The summed E-state index contributed by atoms with van der Waals surface area (Å²) in [6.07, 6.45) is 1.77. The van der Waals surface area contributed by atoms with Crippen molar-refractivity contribution in [1.82, 2.24) is 9.97 Å². The highest BCUT2D eigenvalue weighted by molar-refractivity contribution is 7.22. The van der Waals surface area contributed by atoms with Gasteiger partial charge in [0.15, 0.2) is 6.10 Å². The number of hydrogen-bond acceptors (Lipinski definition) is 8. The van der Waals surface area contributed by atoms with E-state index in [0.717, 1.165) is 67.4 Å². The van der Waals surface area contributed by atoms with Crippen LogP contribution in [0, 0.1) is 12.3 Å². The molecule has 3 N–H and O–H groups in total. The van der Waals surface area contributed by atoms with Crippen LogP contribution in [0.2, 0.25) is 5.02 Å². The van der Waals surface area contributed by atoms with Gasteiger partial charge < -0.3 is 25.1 Å². The number of esters is 1. The minimum atomic E-state index is -0.929. The summed E-state index contributed by atoms with van der Waals surface area (Å²) in [5, 5.41) is 11.9. The first-order valence-electron chi connectivity index (χ1n) is 15.2. The van der Waals surface area contributed by atoms with Crippen LogP contribution in [0.15, 0.2) is 59.9 Å². The van der Waals surface area contributed by atoms with Gasteiger partial charge in [0, 0.05) is 52.2 Å². The van der Waals surface area contributed by atoms with Crippen LogP contribution in [0.1, 0.15) is 58.3 Å². The summed E-state index contributed by atoms with van der Waals surface area (Å²) >= 11 is 7.88. The van der Waals surface area contributed by atoms with Gasteiger partial charge in [0.2, 0.25) is 0 Å². The molecule has 236 valence electrons. The number of hydrogen-bond donors (Lipinski definition) is 2. The van der Waals surface area contributed by atoms with E-state index in [1.807, 2.05) is 84.3 Å². The molecule has 0 fully saturated rings. The maximum absolute atomic E-state index is 13.5. The van der Waals surface area contributed by atoms with E-state index < -0.39 is 17.7 Å². The molecule has 0 aliphatic carbocycles. The SMILES string of the molecule is CCOC(=O)C(OC(C)(C)C)c1c(C)cc2nc(-c3ccnc(N4CCC([NH2+]C)=C(C(C)=N)C4)c3)sc2c1-c1ccc(Cl)cc1. The summed E-state index contributed by atoms with van der Waals surface area (Å²) in [5.41, 5.74) is 7.53. The Hall–Kier alpha value is -3.63. The Morgan fingerprint density at radius 3 is 2.56 bits per heavy atom. The molecule has 3 heterocycles. The van der Waals surface area contributed by atoms with E-state index in [1.165, 1.54) is 5.70 Å². The van der Waals surface area contributed by atoms with Gasteiger partial charge in [-0.05, 0) is 83.0 Å². The molecule has 0 radical (unpaired) electrons. The first-order valence-corrected chi connectivity index (χ1v) is 16.4. The topological polar surface area (TPSA) is 105 Å². The second-order valence-corrected chi connectivity index (χ2v) is 13.6. The normalized spacial score (nSPS) is 14.6. The van der Waals surface area contributed by atoms with E-state index >= 15 is 0 Å². The molecular weight excluding hydrogens is 606 g/mol. The third-order valence-electron chi connectivity index (χ3n) is 7.80. The van der Waals surface area contributed by atoms with E-state index in [-0.39, 0.29) is 6.61 Å². The molecule has 0 saturated carbocycles. The lowest BCUT2D eigenvalue weighted by atomic mass is 9.91. The third-order valence-corrected chi connectivity index (χ3v) is 9.19. The van der Waals surface area contributed by atoms with Crippen molar-refractivity contribution in [2.75, 3.05) is 31.6 Å². The number of ether oxygens (including phenoxy) is 2. The number of carbonyl (C=O) groups is 1. The van der Waals surface area contributed by atoms with Crippen LogP contribution in [0.5, 0.6) is 0 Å². The van der Waals surface area contributed by atoms with Gasteiger partial charge in [0.25, 0.3) is 0 Å². The average molecular weight is 647 g/mol. The standard InChI is InChI=1S/C35H40ClN5O3S/c1-8-43-34(42)31(44-35(4,5)6)29-20(2)17-27-32(30(29)22-9-11-24(36)12-10-22)45-33(40-27)23-13-15-39-28(18-23)41-16-14-26(38-7)25(19-41)21(3)37/h9-13,15,17-18,31,37-38H,8,14,16,19H2,1-7H3/p+1. The number of anilines is 1. The monoisotopic (exact) mass is 646 g/mol. The van der Waals surface area contributed by atoms with Gasteiger partial charge in [0.05, 0.1) is 36.0 Å². The number of aromatic nitrogens is 2. The fourth-order valence-electron chi connectivity index (χ4n) is 5.75. The molecule has 1 aliphatic rings. The van der Waals surface area contributed by atoms with Crippen LogP contribution < -0.4 is 10.2 Å². The molecule has 2 aromatic carbocycles. The summed E-state index contributed by atoms with van der Waals surface area (Å²) in [7, 11) is 2.04. The average Bonchev–Trinajstić information content (AvgIpc) is 3.43. The molecule has 1 atom stereocenters. The molecule has 8 nitrogen and oxygen atoms in total. The molecule has 1 unspecified atom stereocenters. The van der Waals surface area contributed by atoms with Crippen LogP contribution in [0.4, 0.5) is 5.82 Å². The molecule has 5 rings (SSSR count). The Labute approximate surface area is 274 Å². The Bertz CT molecular complexity index is 1770. The summed E-state index contributed by atoms with van der Waals surface area (Å²) in [5.74, 6) is 0.434. The number of nitrogens with one attached hydrogen (secondary N) is 1. The zero-order chi connectivity index (χ0) is 32.5. The fourth-order valence-corrected chi connectivity index (χ4v) is 6.99. The fraction of sp³-hybridized carbons (Fsp3) is 0.371. The lowest BCUT2D eigenvalue weighted by molar-refractivity contribution is -0.579. The number of quaternary nitrogens is 1. The molecule has 10 heteroatoms. The highest BCUT2D eigenvalue weighted by atomic mass is 35.5. The first-order chi connectivity index (χ1) is 21.4. The maximum atomic E-state index is 13.5. The molecule has 1 aliphatic heterocycles. The predicted molar refractivity (Wildman–Crippen MR) is 183 cm³/mol. The molecular formula is C35H41ClN5O3S+. The molecule has 4 aromatic rings. The zero-order valence-corrected chi connectivity index (χ0v) is 28.5. The molecule has 0 spiro atoms. The number of carbonyl (C=O) groups excluding carboxylic acids is 1. The molecule has 0 bridgehead atoms. The van der Waals surface area contributed by atoms with Gasteiger partial charge in [-0.15, -0.1) is 11.3 Å². The van der Waals surface area contributed by atoms with Crippen molar-refractivity contribution in [2.45, 2.75) is 59.7 Å². The number of nitrogens with two attached hydrogens (primary N) is 1. The van der Waals surface area contributed by atoms with E-state index in [0.29, 0.717) is 17.3 Å². The van der Waals surface area contributed by atoms with E-state index in [1.54, 1.807) is 18.3 Å². The Morgan fingerprint density at radius 1 is 1.18 bits per heavy atom. The summed E-state index contributed by atoms with van der Waals surface area (Å²) in [6, 6.07) is 13.7. The minimum absolute atomic E-state index is 0.251. The smallest absolute Gasteiger partial charge is 0.339 e. The van der Waals surface area contributed by atoms with E-state index in [9.17, 15) is 4.79 Å². The largest absolute Gasteiger partial charge is 0.464 e. The summed E-state index contributed by atoms with van der Waals surface area (Å²) in [6.45, 7) is 13.2. The quantitative estimate of drug-likeness (QED) is 0.148. The van der Waals surface area contributed by atoms with Crippen molar-refractivity contribution in [2.24, 2.45) is 0 Å². The first kappa shape index (κ1) is 32.8.